The van der Waals surface area contributed by atoms with Crippen molar-refractivity contribution in [3.63, 3.8) is 0 Å². The van der Waals surface area contributed by atoms with Gasteiger partial charge in [0.15, 0.2) is 0 Å². The van der Waals surface area contributed by atoms with Crippen LogP contribution in [-0.4, -0.2) is 0 Å². The summed E-state index contributed by atoms with van der Waals surface area (Å²) >= 11 is 0. The van der Waals surface area contributed by atoms with Crippen LogP contribution in [0.1, 0.15) is 0 Å². The second-order valence-electron chi connectivity index (χ2n) is 2.88. The molecule has 0 radical (unpaired) electrons. The SMILES string of the molecule is C=CNc1cccc2ccccc12.Cl.Cl.N. The lowest BCUT2D eigenvalue weighted by atomic mass is 10.1. The van der Waals surface area contributed by atoms with E-state index in [1.54, 1.807) is 6.20 Å². The van der Waals surface area contributed by atoms with Gasteiger partial charge >= 0.3 is 0 Å². The van der Waals surface area contributed by atoms with Crippen LogP contribution in [0.2, 0.25) is 0 Å². The Morgan fingerprint density at radius 3 is 2.25 bits per heavy atom. The molecule has 0 aliphatic rings. The fourth-order valence-corrected chi connectivity index (χ4v) is 1.46. The zero-order valence-corrected chi connectivity index (χ0v) is 10.5. The molecule has 0 fully saturated rings. The fourth-order valence-electron chi connectivity index (χ4n) is 1.46. The highest BCUT2D eigenvalue weighted by Crippen LogP contribution is 2.22. The minimum Gasteiger partial charge on any atom is -0.362 e. The lowest BCUT2D eigenvalue weighted by molar-refractivity contribution is 1.64. The number of benzene rings is 2. The van der Waals surface area contributed by atoms with Gasteiger partial charge in [0, 0.05) is 11.1 Å². The number of hydrogen-bond donors (Lipinski definition) is 2. The van der Waals surface area contributed by atoms with Crippen LogP contribution >= 0.6 is 24.8 Å². The molecule has 0 saturated carbocycles. The van der Waals surface area contributed by atoms with Crippen molar-refractivity contribution in [1.29, 1.82) is 0 Å². The molecule has 2 aromatic rings. The van der Waals surface area contributed by atoms with Gasteiger partial charge in [-0.15, -0.1) is 24.8 Å². The molecule has 0 aromatic heterocycles. The molecule has 2 aromatic carbocycles. The van der Waals surface area contributed by atoms with Crippen LogP contribution in [0.15, 0.2) is 55.2 Å². The van der Waals surface area contributed by atoms with E-state index in [9.17, 15) is 0 Å². The second kappa shape index (κ2) is 7.99. The Labute approximate surface area is 108 Å². The van der Waals surface area contributed by atoms with E-state index in [1.165, 1.54) is 10.8 Å². The zero-order valence-electron chi connectivity index (χ0n) is 8.85. The highest BCUT2D eigenvalue weighted by Gasteiger charge is 1.95. The van der Waals surface area contributed by atoms with Gasteiger partial charge in [-0.1, -0.05) is 43.0 Å². The van der Waals surface area contributed by atoms with Gasteiger partial charge in [-0.3, -0.25) is 0 Å². The van der Waals surface area contributed by atoms with E-state index in [2.05, 4.69) is 30.1 Å². The van der Waals surface area contributed by atoms with E-state index < -0.39 is 0 Å². The number of nitrogens with one attached hydrogen (secondary N) is 1. The number of hydrogen-bond acceptors (Lipinski definition) is 2. The largest absolute Gasteiger partial charge is 0.362 e. The summed E-state index contributed by atoms with van der Waals surface area (Å²) in [6.07, 6.45) is 1.70. The third-order valence-corrected chi connectivity index (χ3v) is 2.05. The molecule has 0 aliphatic heterocycles. The molecule has 4 N–H and O–H groups in total. The minimum absolute atomic E-state index is 0. The van der Waals surface area contributed by atoms with E-state index in [-0.39, 0.29) is 31.0 Å². The van der Waals surface area contributed by atoms with Crippen LogP contribution in [0.25, 0.3) is 10.8 Å². The Kier molecular flexibility index (Phi) is 8.58. The third kappa shape index (κ3) is 3.42. The summed E-state index contributed by atoms with van der Waals surface area (Å²) in [7, 11) is 0. The van der Waals surface area contributed by atoms with Crippen molar-refractivity contribution in [2.24, 2.45) is 0 Å². The first-order valence-electron chi connectivity index (χ1n) is 4.27. The maximum absolute atomic E-state index is 3.65. The highest BCUT2D eigenvalue weighted by molar-refractivity contribution is 5.94. The molecular weight excluding hydrogens is 243 g/mol. The minimum atomic E-state index is 0. The number of fused-ring (bicyclic) bond motifs is 1. The molecule has 16 heavy (non-hydrogen) atoms. The maximum Gasteiger partial charge on any atom is 0.0459 e. The van der Waals surface area contributed by atoms with Crippen molar-refractivity contribution >= 4 is 41.3 Å². The first kappa shape index (κ1) is 17.2. The Bertz CT molecular complexity index is 438. The molecule has 0 bridgehead atoms. The van der Waals surface area contributed by atoms with Gasteiger partial charge in [0.2, 0.25) is 0 Å². The maximum atomic E-state index is 3.65. The number of rotatable bonds is 2. The van der Waals surface area contributed by atoms with Crippen molar-refractivity contribution in [2.75, 3.05) is 5.32 Å². The summed E-state index contributed by atoms with van der Waals surface area (Å²) in [6.45, 7) is 3.65. The molecule has 2 nitrogen and oxygen atoms in total. The van der Waals surface area contributed by atoms with Crippen molar-refractivity contribution in [2.45, 2.75) is 0 Å². The lowest BCUT2D eigenvalue weighted by Crippen LogP contribution is -1.86. The summed E-state index contributed by atoms with van der Waals surface area (Å²) in [4.78, 5) is 0. The molecule has 0 amide bonds. The van der Waals surface area contributed by atoms with Crippen LogP contribution < -0.4 is 11.5 Å². The first-order valence-corrected chi connectivity index (χ1v) is 4.27. The van der Waals surface area contributed by atoms with Crippen molar-refractivity contribution in [3.05, 3.63) is 55.2 Å². The summed E-state index contributed by atoms with van der Waals surface area (Å²) in [5.41, 5.74) is 1.10. The van der Waals surface area contributed by atoms with Gasteiger partial charge in [0.1, 0.15) is 0 Å². The van der Waals surface area contributed by atoms with Crippen LogP contribution in [0.3, 0.4) is 0 Å². The predicted octanol–water partition coefficient (Wildman–Crippen LogP) is 4.40. The van der Waals surface area contributed by atoms with Crippen LogP contribution in [0, 0.1) is 0 Å². The number of anilines is 1. The van der Waals surface area contributed by atoms with E-state index in [1.807, 2.05) is 24.3 Å². The Morgan fingerprint density at radius 1 is 0.938 bits per heavy atom. The Hall–Kier alpha value is -1.22. The Balaban J connectivity index is 0. The van der Waals surface area contributed by atoms with Crippen molar-refractivity contribution in [3.8, 4) is 0 Å². The van der Waals surface area contributed by atoms with Gasteiger partial charge in [0.05, 0.1) is 0 Å². The standard InChI is InChI=1S/C12H11N.2ClH.H3N/c1-2-13-12-9-5-7-10-6-3-4-8-11(10)12;;;/h2-9,13H,1H2;2*1H;1H3. The number of halogens is 2. The summed E-state index contributed by atoms with van der Waals surface area (Å²) in [6, 6.07) is 14.5. The first-order chi connectivity index (χ1) is 6.42. The van der Waals surface area contributed by atoms with Crippen molar-refractivity contribution in [1.82, 2.24) is 6.15 Å². The van der Waals surface area contributed by atoms with Crippen LogP contribution in [0.4, 0.5) is 5.69 Å². The molecule has 0 unspecified atom stereocenters. The second-order valence-corrected chi connectivity index (χ2v) is 2.88. The van der Waals surface area contributed by atoms with Gasteiger partial charge in [-0.05, 0) is 17.7 Å². The van der Waals surface area contributed by atoms with E-state index in [0.29, 0.717) is 0 Å². The summed E-state index contributed by atoms with van der Waals surface area (Å²) in [5.74, 6) is 0. The zero-order chi connectivity index (χ0) is 9.10. The average molecular weight is 259 g/mol. The monoisotopic (exact) mass is 258 g/mol. The molecule has 0 spiro atoms. The van der Waals surface area contributed by atoms with Gasteiger partial charge in [0.25, 0.3) is 0 Å². The fraction of sp³-hybridized carbons (Fsp3) is 0. The van der Waals surface area contributed by atoms with Crippen LogP contribution in [0.5, 0.6) is 0 Å². The van der Waals surface area contributed by atoms with E-state index in [4.69, 9.17) is 0 Å². The molecule has 0 saturated heterocycles. The molecule has 0 atom stereocenters. The van der Waals surface area contributed by atoms with Gasteiger partial charge in [-0.2, -0.15) is 0 Å². The smallest absolute Gasteiger partial charge is 0.0459 e. The van der Waals surface area contributed by atoms with Crippen molar-refractivity contribution < 1.29 is 0 Å². The molecule has 0 heterocycles. The van der Waals surface area contributed by atoms with Gasteiger partial charge < -0.3 is 11.5 Å². The quantitative estimate of drug-likeness (QED) is 0.839. The van der Waals surface area contributed by atoms with E-state index >= 15 is 0 Å². The van der Waals surface area contributed by atoms with Gasteiger partial charge in [-0.25, -0.2) is 0 Å². The summed E-state index contributed by atoms with van der Waals surface area (Å²) < 4.78 is 0. The Morgan fingerprint density at radius 2 is 1.56 bits per heavy atom. The predicted molar refractivity (Wildman–Crippen MR) is 77.3 cm³/mol. The normalized spacial score (nSPS) is 8.00. The summed E-state index contributed by atoms with van der Waals surface area (Å²) in [5, 5.41) is 5.59. The molecular formula is C12H16Cl2N2. The van der Waals surface area contributed by atoms with E-state index in [0.717, 1.165) is 5.69 Å². The lowest BCUT2D eigenvalue weighted by Gasteiger charge is -2.04. The molecule has 88 valence electrons. The molecule has 0 aliphatic carbocycles. The van der Waals surface area contributed by atoms with Crippen LogP contribution in [-0.2, 0) is 0 Å². The molecule has 2 rings (SSSR count). The average Bonchev–Trinajstić information content (AvgIpc) is 2.19. The highest BCUT2D eigenvalue weighted by atomic mass is 35.5. The molecule has 4 heteroatoms. The topological polar surface area (TPSA) is 47.0 Å². The third-order valence-electron chi connectivity index (χ3n) is 2.05.